The minimum atomic E-state index is -0.535. The van der Waals surface area contributed by atoms with Crippen molar-refractivity contribution < 1.29 is 4.79 Å². The second kappa shape index (κ2) is 4.91. The molecule has 112 valence electrons. The molecule has 0 aliphatic rings. The van der Waals surface area contributed by atoms with Gasteiger partial charge in [0.1, 0.15) is 17.7 Å². The lowest BCUT2D eigenvalue weighted by Gasteiger charge is -2.07. The van der Waals surface area contributed by atoms with Gasteiger partial charge in [-0.05, 0) is 12.1 Å². The van der Waals surface area contributed by atoms with Crippen LogP contribution in [0.2, 0.25) is 0 Å². The van der Waals surface area contributed by atoms with Gasteiger partial charge >= 0.3 is 5.69 Å². The number of H-pyrrole nitrogens is 1. The fourth-order valence-corrected chi connectivity index (χ4v) is 2.02. The summed E-state index contributed by atoms with van der Waals surface area (Å²) in [5, 5.41) is 8.80. The second-order valence-electron chi connectivity index (χ2n) is 4.56. The molecule has 0 saturated carbocycles. The fourth-order valence-electron chi connectivity index (χ4n) is 2.02. The van der Waals surface area contributed by atoms with E-state index in [2.05, 4.69) is 25.5 Å². The van der Waals surface area contributed by atoms with Crippen LogP contribution in [-0.2, 0) is 14.1 Å². The molecule has 22 heavy (non-hydrogen) atoms. The molecule has 10 nitrogen and oxygen atoms in total. The summed E-state index contributed by atoms with van der Waals surface area (Å²) in [5.74, 6) is -0.364. The molecule has 0 atom stereocenters. The Morgan fingerprint density at radius 2 is 2.00 bits per heavy atom. The maximum Gasteiger partial charge on any atom is 0.332 e. The maximum absolute atomic E-state index is 12.1. The molecule has 0 spiro atoms. The van der Waals surface area contributed by atoms with E-state index in [9.17, 15) is 14.4 Å². The minimum absolute atomic E-state index is 0.0483. The fraction of sp³-hybridized carbons (Fsp3) is 0.167. The van der Waals surface area contributed by atoms with E-state index in [1.54, 1.807) is 0 Å². The first-order valence-electron chi connectivity index (χ1n) is 6.22. The van der Waals surface area contributed by atoms with Gasteiger partial charge in [-0.2, -0.15) is 10.1 Å². The first kappa shape index (κ1) is 13.7. The second-order valence-corrected chi connectivity index (χ2v) is 4.56. The molecule has 3 heterocycles. The molecule has 0 aliphatic carbocycles. The van der Waals surface area contributed by atoms with E-state index in [0.717, 1.165) is 4.57 Å². The predicted octanol–water partition coefficient (Wildman–Crippen LogP) is -0.997. The number of carbonyl (C=O) groups excluding carboxylic acids is 1. The van der Waals surface area contributed by atoms with E-state index in [1.807, 2.05) is 0 Å². The smallest absolute Gasteiger partial charge is 0.289 e. The molecule has 0 bridgehead atoms. The highest BCUT2D eigenvalue weighted by molar-refractivity contribution is 6.02. The van der Waals surface area contributed by atoms with Crippen LogP contribution in [0.4, 0.5) is 5.95 Å². The number of pyridine rings is 1. The third kappa shape index (κ3) is 2.06. The summed E-state index contributed by atoms with van der Waals surface area (Å²) in [6.07, 6.45) is 1.25. The van der Waals surface area contributed by atoms with Gasteiger partial charge in [0.25, 0.3) is 11.5 Å². The summed E-state index contributed by atoms with van der Waals surface area (Å²) >= 11 is 0. The Morgan fingerprint density at radius 1 is 1.23 bits per heavy atom. The van der Waals surface area contributed by atoms with Gasteiger partial charge in [-0.1, -0.05) is 0 Å². The molecule has 0 fully saturated rings. The third-order valence-electron chi connectivity index (χ3n) is 3.18. The number of rotatable bonds is 2. The lowest BCUT2D eigenvalue weighted by Crippen LogP contribution is -2.37. The van der Waals surface area contributed by atoms with Crippen molar-refractivity contribution in [3.8, 4) is 0 Å². The lowest BCUT2D eigenvalue weighted by atomic mass is 10.2. The molecule has 10 heteroatoms. The number of aryl methyl sites for hydroxylation is 1. The van der Waals surface area contributed by atoms with E-state index in [4.69, 9.17) is 0 Å². The average Bonchev–Trinajstić information content (AvgIpc) is 3.03. The number of aromatic nitrogens is 6. The summed E-state index contributed by atoms with van der Waals surface area (Å²) in [4.78, 5) is 43.9. The quantitative estimate of drug-likeness (QED) is 0.625. The molecule has 1 amide bonds. The first-order chi connectivity index (χ1) is 10.5. The van der Waals surface area contributed by atoms with Crippen LogP contribution in [0.3, 0.4) is 0 Å². The number of aromatic amines is 1. The van der Waals surface area contributed by atoms with Crippen molar-refractivity contribution in [2.45, 2.75) is 0 Å². The van der Waals surface area contributed by atoms with Crippen LogP contribution in [0, 0.1) is 0 Å². The summed E-state index contributed by atoms with van der Waals surface area (Å²) in [6, 6.07) is 2.86. The number of nitrogens with zero attached hydrogens (tertiary/aromatic N) is 5. The van der Waals surface area contributed by atoms with Crippen molar-refractivity contribution in [3.63, 3.8) is 0 Å². The number of hydrogen-bond acceptors (Lipinski definition) is 6. The highest BCUT2D eigenvalue weighted by Crippen LogP contribution is 2.07. The highest BCUT2D eigenvalue weighted by atomic mass is 16.2. The van der Waals surface area contributed by atoms with Crippen LogP contribution in [0.15, 0.2) is 28.0 Å². The molecule has 3 aromatic heterocycles. The van der Waals surface area contributed by atoms with Crippen molar-refractivity contribution in [2.24, 2.45) is 14.1 Å². The maximum atomic E-state index is 12.1. The minimum Gasteiger partial charge on any atom is -0.289 e. The van der Waals surface area contributed by atoms with E-state index in [-0.39, 0.29) is 22.7 Å². The standard InChI is InChI=1S/C12H11N7O3/c1-18-8-6(10(21)19(2)12(18)22)3-4-7(15-8)9(20)16-11-13-5-14-17-11/h3-5H,1-2H3,(H2,13,14,16,17,20). The molecular weight excluding hydrogens is 290 g/mol. The number of fused-ring (bicyclic) bond motifs is 1. The lowest BCUT2D eigenvalue weighted by molar-refractivity contribution is 0.102. The van der Waals surface area contributed by atoms with Gasteiger partial charge in [0.15, 0.2) is 0 Å². The van der Waals surface area contributed by atoms with Gasteiger partial charge in [0.2, 0.25) is 5.95 Å². The van der Waals surface area contributed by atoms with E-state index >= 15 is 0 Å². The van der Waals surface area contributed by atoms with Gasteiger partial charge in [0.05, 0.1) is 5.39 Å². The Hall–Kier alpha value is -3.30. The van der Waals surface area contributed by atoms with Crippen LogP contribution in [0.5, 0.6) is 0 Å². The van der Waals surface area contributed by atoms with E-state index in [1.165, 1.54) is 37.1 Å². The summed E-state index contributed by atoms with van der Waals surface area (Å²) in [7, 11) is 2.86. The number of amides is 1. The van der Waals surface area contributed by atoms with Crippen LogP contribution in [0.1, 0.15) is 10.5 Å². The normalized spacial score (nSPS) is 10.8. The summed E-state index contributed by atoms with van der Waals surface area (Å²) in [6.45, 7) is 0. The Morgan fingerprint density at radius 3 is 2.68 bits per heavy atom. The zero-order chi connectivity index (χ0) is 15.9. The van der Waals surface area contributed by atoms with Crippen molar-refractivity contribution in [2.75, 3.05) is 5.32 Å². The van der Waals surface area contributed by atoms with Gasteiger partial charge in [0, 0.05) is 14.1 Å². The van der Waals surface area contributed by atoms with Gasteiger partial charge in [-0.25, -0.2) is 14.9 Å². The zero-order valence-corrected chi connectivity index (χ0v) is 11.7. The number of anilines is 1. The van der Waals surface area contributed by atoms with E-state index in [0.29, 0.717) is 0 Å². The molecule has 3 rings (SSSR count). The first-order valence-corrected chi connectivity index (χ1v) is 6.22. The number of hydrogen-bond donors (Lipinski definition) is 2. The largest absolute Gasteiger partial charge is 0.332 e. The summed E-state index contributed by atoms with van der Waals surface area (Å²) in [5.41, 5.74) is -0.795. The SMILES string of the molecule is Cn1c(=O)c2ccc(C(=O)Nc3ncn[nH]3)nc2n(C)c1=O. The Kier molecular flexibility index (Phi) is 3.05. The van der Waals surface area contributed by atoms with Gasteiger partial charge in [-0.15, -0.1) is 0 Å². The molecule has 3 aromatic rings. The number of nitrogens with one attached hydrogen (secondary N) is 2. The van der Waals surface area contributed by atoms with Crippen molar-refractivity contribution in [3.05, 3.63) is 45.0 Å². The van der Waals surface area contributed by atoms with Gasteiger partial charge < -0.3 is 0 Å². The number of carbonyl (C=O) groups is 1. The third-order valence-corrected chi connectivity index (χ3v) is 3.18. The molecule has 0 aromatic carbocycles. The molecule has 0 unspecified atom stereocenters. The van der Waals surface area contributed by atoms with Crippen molar-refractivity contribution in [1.29, 1.82) is 0 Å². The van der Waals surface area contributed by atoms with Gasteiger partial charge in [-0.3, -0.25) is 24.0 Å². The van der Waals surface area contributed by atoms with Crippen LogP contribution >= 0.6 is 0 Å². The Bertz CT molecular complexity index is 984. The zero-order valence-electron chi connectivity index (χ0n) is 11.7. The monoisotopic (exact) mass is 301 g/mol. The summed E-state index contributed by atoms with van der Waals surface area (Å²) < 4.78 is 2.19. The van der Waals surface area contributed by atoms with Crippen molar-refractivity contribution in [1.82, 2.24) is 29.3 Å². The van der Waals surface area contributed by atoms with Crippen LogP contribution in [-0.4, -0.2) is 35.2 Å². The molecule has 0 radical (unpaired) electrons. The predicted molar refractivity (Wildman–Crippen MR) is 76.6 cm³/mol. The highest BCUT2D eigenvalue weighted by Gasteiger charge is 2.14. The molecular formula is C12H11N7O3. The van der Waals surface area contributed by atoms with Crippen molar-refractivity contribution >= 4 is 22.9 Å². The van der Waals surface area contributed by atoms with Crippen LogP contribution < -0.4 is 16.6 Å². The Balaban J connectivity index is 2.12. The topological polar surface area (TPSA) is 128 Å². The van der Waals surface area contributed by atoms with E-state index < -0.39 is 17.2 Å². The molecule has 2 N–H and O–H groups in total. The average molecular weight is 301 g/mol. The molecule has 0 saturated heterocycles. The molecule has 0 aliphatic heterocycles. The Labute approximate surface area is 122 Å². The van der Waals surface area contributed by atoms with Crippen LogP contribution in [0.25, 0.3) is 11.0 Å².